The molecule has 3 unspecified atom stereocenters. The third-order valence-corrected chi connectivity index (χ3v) is 4.71. The number of carboxylic acid groups (broad SMARTS) is 1. The molecule has 0 aromatic carbocycles. The van der Waals surface area contributed by atoms with Crippen LogP contribution in [0.4, 0.5) is 0 Å². The zero-order valence-corrected chi connectivity index (χ0v) is 15.5. The maximum Gasteiger partial charge on any atom is 0.326 e. The largest absolute Gasteiger partial charge is 0.480 e. The Morgan fingerprint density at radius 2 is 1.96 bits per heavy atom. The number of hydrogen-bond donors (Lipinski definition) is 5. The van der Waals surface area contributed by atoms with Gasteiger partial charge in [0.25, 0.3) is 0 Å². The van der Waals surface area contributed by atoms with Crippen LogP contribution in [0.15, 0.2) is 0 Å². The van der Waals surface area contributed by atoms with Crippen molar-refractivity contribution in [2.75, 3.05) is 31.7 Å². The van der Waals surface area contributed by atoms with E-state index in [4.69, 9.17) is 5.73 Å². The third kappa shape index (κ3) is 6.15. The minimum atomic E-state index is -1.23. The average Bonchev–Trinajstić information content (AvgIpc) is 3.12. The second kappa shape index (κ2) is 11.0. The van der Waals surface area contributed by atoms with Gasteiger partial charge < -0.3 is 31.5 Å². The van der Waals surface area contributed by atoms with Crippen LogP contribution in [0.1, 0.15) is 19.3 Å². The van der Waals surface area contributed by atoms with Gasteiger partial charge in [-0.2, -0.15) is 11.8 Å². The molecule has 0 aliphatic carbocycles. The maximum absolute atomic E-state index is 12.8. The van der Waals surface area contributed by atoms with Crippen molar-refractivity contribution in [3.05, 3.63) is 0 Å². The molecule has 0 spiro atoms. The number of aliphatic hydroxyl groups is 1. The SMILES string of the molecule is CSCCC(NC(=O)C(CO)NC(=O)CN)C(=O)N1CCCC1C(=O)O. The second-order valence-electron chi connectivity index (χ2n) is 5.88. The Bertz CT molecular complexity index is 532. The molecule has 1 heterocycles. The van der Waals surface area contributed by atoms with Crippen molar-refractivity contribution in [2.24, 2.45) is 5.73 Å². The molecule has 1 rings (SSSR count). The Morgan fingerprint density at radius 3 is 2.50 bits per heavy atom. The highest BCUT2D eigenvalue weighted by molar-refractivity contribution is 7.98. The van der Waals surface area contributed by atoms with Gasteiger partial charge in [-0.3, -0.25) is 14.4 Å². The van der Waals surface area contributed by atoms with Gasteiger partial charge in [-0.1, -0.05) is 0 Å². The number of nitrogens with zero attached hydrogens (tertiary/aromatic N) is 1. The quantitative estimate of drug-likeness (QED) is 0.279. The van der Waals surface area contributed by atoms with E-state index in [2.05, 4.69) is 10.6 Å². The first-order valence-electron chi connectivity index (χ1n) is 8.28. The van der Waals surface area contributed by atoms with E-state index in [0.717, 1.165) is 0 Å². The van der Waals surface area contributed by atoms with Crippen LogP contribution in [0.5, 0.6) is 0 Å². The number of aliphatic carboxylic acids is 1. The maximum atomic E-state index is 12.8. The first-order valence-corrected chi connectivity index (χ1v) is 9.68. The number of aliphatic hydroxyl groups excluding tert-OH is 1. The number of carboxylic acids is 1. The fourth-order valence-corrected chi connectivity index (χ4v) is 3.17. The number of rotatable bonds is 10. The van der Waals surface area contributed by atoms with Crippen LogP contribution in [0, 0.1) is 0 Å². The van der Waals surface area contributed by atoms with Crippen LogP contribution in [0.2, 0.25) is 0 Å². The molecule has 6 N–H and O–H groups in total. The topological polar surface area (TPSA) is 162 Å². The van der Waals surface area contributed by atoms with Gasteiger partial charge in [0, 0.05) is 6.54 Å². The smallest absolute Gasteiger partial charge is 0.326 e. The summed E-state index contributed by atoms with van der Waals surface area (Å²) in [4.78, 5) is 49.0. The van der Waals surface area contributed by atoms with E-state index in [1.165, 1.54) is 16.7 Å². The lowest BCUT2D eigenvalue weighted by atomic mass is 10.1. The summed E-state index contributed by atoms with van der Waals surface area (Å²) in [6, 6.07) is -3.06. The number of carbonyl (C=O) groups is 4. The fourth-order valence-electron chi connectivity index (χ4n) is 2.70. The van der Waals surface area contributed by atoms with Crippen molar-refractivity contribution in [1.29, 1.82) is 0 Å². The van der Waals surface area contributed by atoms with Gasteiger partial charge in [0.1, 0.15) is 18.1 Å². The first-order chi connectivity index (χ1) is 12.3. The van der Waals surface area contributed by atoms with Crippen molar-refractivity contribution in [2.45, 2.75) is 37.4 Å². The molecule has 1 fully saturated rings. The molecule has 26 heavy (non-hydrogen) atoms. The van der Waals surface area contributed by atoms with Gasteiger partial charge in [0.15, 0.2) is 0 Å². The highest BCUT2D eigenvalue weighted by Crippen LogP contribution is 2.19. The lowest BCUT2D eigenvalue weighted by Gasteiger charge is -2.28. The van der Waals surface area contributed by atoms with Crippen LogP contribution in [0.3, 0.4) is 0 Å². The zero-order chi connectivity index (χ0) is 19.7. The lowest BCUT2D eigenvalue weighted by Crippen LogP contribution is -2.57. The highest BCUT2D eigenvalue weighted by Gasteiger charge is 2.38. The number of nitrogens with two attached hydrogens (primary N) is 1. The predicted molar refractivity (Wildman–Crippen MR) is 95.4 cm³/mol. The van der Waals surface area contributed by atoms with Gasteiger partial charge >= 0.3 is 5.97 Å². The molecule has 1 aliphatic rings. The second-order valence-corrected chi connectivity index (χ2v) is 6.86. The lowest BCUT2D eigenvalue weighted by molar-refractivity contribution is -0.149. The summed E-state index contributed by atoms with van der Waals surface area (Å²) in [5.41, 5.74) is 5.17. The van der Waals surface area contributed by atoms with E-state index in [1.807, 2.05) is 6.26 Å². The Hall–Kier alpha value is -1.85. The van der Waals surface area contributed by atoms with Crippen molar-refractivity contribution >= 4 is 35.5 Å². The summed E-state index contributed by atoms with van der Waals surface area (Å²) in [6.07, 6.45) is 3.10. The number of carbonyl (C=O) groups excluding carboxylic acids is 3. The molecule has 1 saturated heterocycles. The number of thioether (sulfide) groups is 1. The average molecular weight is 390 g/mol. The molecular formula is C15H26N4O6S. The molecule has 0 radical (unpaired) electrons. The van der Waals surface area contributed by atoms with Crippen LogP contribution >= 0.6 is 11.8 Å². The Kier molecular flexibility index (Phi) is 9.38. The molecule has 0 aromatic heterocycles. The van der Waals surface area contributed by atoms with E-state index in [9.17, 15) is 29.4 Å². The summed E-state index contributed by atoms with van der Waals surface area (Å²) in [5.74, 6) is -2.31. The molecule has 0 aromatic rings. The molecule has 1 aliphatic heterocycles. The van der Waals surface area contributed by atoms with Gasteiger partial charge in [-0.05, 0) is 31.3 Å². The number of nitrogens with one attached hydrogen (secondary N) is 2. The summed E-state index contributed by atoms with van der Waals surface area (Å²) >= 11 is 1.48. The molecule has 148 valence electrons. The normalized spacial score (nSPS) is 18.9. The summed E-state index contributed by atoms with van der Waals surface area (Å²) in [7, 11) is 0. The number of hydrogen-bond acceptors (Lipinski definition) is 7. The van der Waals surface area contributed by atoms with Crippen molar-refractivity contribution in [3.63, 3.8) is 0 Å². The molecule has 11 heteroatoms. The van der Waals surface area contributed by atoms with Crippen molar-refractivity contribution < 1.29 is 29.4 Å². The van der Waals surface area contributed by atoms with Crippen LogP contribution in [-0.2, 0) is 19.2 Å². The van der Waals surface area contributed by atoms with E-state index in [0.29, 0.717) is 31.6 Å². The van der Waals surface area contributed by atoms with Crippen LogP contribution < -0.4 is 16.4 Å². The predicted octanol–water partition coefficient (Wildman–Crippen LogP) is -2.26. The third-order valence-electron chi connectivity index (χ3n) is 4.07. The molecule has 0 saturated carbocycles. The minimum absolute atomic E-state index is 0.303. The molecule has 3 atom stereocenters. The van der Waals surface area contributed by atoms with Crippen molar-refractivity contribution in [1.82, 2.24) is 15.5 Å². The zero-order valence-electron chi connectivity index (χ0n) is 14.6. The van der Waals surface area contributed by atoms with E-state index < -0.39 is 48.4 Å². The number of likely N-dealkylation sites (tertiary alicyclic amines) is 1. The Morgan fingerprint density at radius 1 is 1.27 bits per heavy atom. The fraction of sp³-hybridized carbons (Fsp3) is 0.733. The highest BCUT2D eigenvalue weighted by atomic mass is 32.2. The Labute approximate surface area is 155 Å². The van der Waals surface area contributed by atoms with E-state index in [1.54, 1.807) is 0 Å². The van der Waals surface area contributed by atoms with Gasteiger partial charge in [0.05, 0.1) is 13.2 Å². The van der Waals surface area contributed by atoms with Gasteiger partial charge in [0.2, 0.25) is 17.7 Å². The number of amides is 3. The Balaban J connectivity index is 2.84. The summed E-state index contributed by atoms with van der Waals surface area (Å²) < 4.78 is 0. The van der Waals surface area contributed by atoms with Gasteiger partial charge in [-0.25, -0.2) is 4.79 Å². The molecule has 3 amide bonds. The molecule has 10 nitrogen and oxygen atoms in total. The van der Waals surface area contributed by atoms with Gasteiger partial charge in [-0.15, -0.1) is 0 Å². The minimum Gasteiger partial charge on any atom is -0.480 e. The molecule has 0 bridgehead atoms. The van der Waals surface area contributed by atoms with E-state index >= 15 is 0 Å². The van der Waals surface area contributed by atoms with Crippen LogP contribution in [-0.4, -0.2) is 88.6 Å². The first kappa shape index (κ1) is 22.2. The summed E-state index contributed by atoms with van der Waals surface area (Å²) in [5, 5.41) is 23.3. The van der Waals surface area contributed by atoms with Crippen molar-refractivity contribution in [3.8, 4) is 0 Å². The molecular weight excluding hydrogens is 364 g/mol. The van der Waals surface area contributed by atoms with E-state index in [-0.39, 0.29) is 6.54 Å². The summed E-state index contributed by atoms with van der Waals surface area (Å²) in [6.45, 7) is -0.677. The standard InChI is InChI=1S/C15H26N4O6S/c1-26-6-4-9(14(23)19-5-2-3-11(19)15(24)25)18-13(22)10(8-20)17-12(21)7-16/h9-11,20H,2-8,16H2,1H3,(H,17,21)(H,18,22)(H,24,25). The monoisotopic (exact) mass is 390 g/mol. The van der Waals surface area contributed by atoms with Crippen LogP contribution in [0.25, 0.3) is 0 Å².